The summed E-state index contributed by atoms with van der Waals surface area (Å²) in [6.07, 6.45) is 6.07. The van der Waals surface area contributed by atoms with Gasteiger partial charge in [-0.25, -0.2) is 4.98 Å². The molecule has 0 aliphatic heterocycles. The van der Waals surface area contributed by atoms with Crippen LogP contribution in [0.25, 0.3) is 11.4 Å². The van der Waals surface area contributed by atoms with E-state index in [0.717, 1.165) is 30.8 Å². The smallest absolute Gasteiger partial charge is 0.251 e. The van der Waals surface area contributed by atoms with Gasteiger partial charge in [-0.15, -0.1) is 10.2 Å². The molecule has 1 aliphatic rings. The van der Waals surface area contributed by atoms with Crippen molar-refractivity contribution in [3.63, 3.8) is 0 Å². The Morgan fingerprint density at radius 2 is 2.04 bits per heavy atom. The molecule has 4 rings (SSSR count). The van der Waals surface area contributed by atoms with E-state index in [2.05, 4.69) is 30.3 Å². The van der Waals surface area contributed by atoms with Crippen LogP contribution in [0.4, 0.5) is 0 Å². The summed E-state index contributed by atoms with van der Waals surface area (Å²) in [4.78, 5) is 18.1. The molecule has 0 bridgehead atoms. The minimum absolute atomic E-state index is 0.0581. The van der Waals surface area contributed by atoms with Gasteiger partial charge in [-0.1, -0.05) is 12.1 Å². The molecular formula is C18H21N7O. The standard InChI is InChI=1S/C18H21N7O/c1-13-19-9-10-25(13)12-18(7-8-18)11-20-17(26)15-5-3-14(4-6-15)16-21-23-24(2)22-16/h3-6,9-10H,7-8,11-12H2,1-2H3,(H,20,26). The van der Waals surface area contributed by atoms with Crippen LogP contribution in [0.15, 0.2) is 36.7 Å². The Morgan fingerprint density at radius 1 is 1.27 bits per heavy atom. The zero-order valence-electron chi connectivity index (χ0n) is 14.9. The minimum Gasteiger partial charge on any atom is -0.351 e. The van der Waals surface area contributed by atoms with Gasteiger partial charge in [-0.05, 0) is 37.1 Å². The number of amides is 1. The summed E-state index contributed by atoms with van der Waals surface area (Å²) in [6, 6.07) is 7.27. The molecule has 1 N–H and O–H groups in total. The van der Waals surface area contributed by atoms with Crippen LogP contribution in [0.5, 0.6) is 0 Å². The van der Waals surface area contributed by atoms with Crippen molar-refractivity contribution in [2.24, 2.45) is 12.5 Å². The molecule has 1 saturated carbocycles. The fourth-order valence-corrected chi connectivity index (χ4v) is 3.04. The molecule has 1 aliphatic carbocycles. The average Bonchev–Trinajstić information content (AvgIpc) is 3.08. The average molecular weight is 351 g/mol. The molecule has 1 aromatic carbocycles. The Balaban J connectivity index is 1.37. The second-order valence-electron chi connectivity index (χ2n) is 6.96. The predicted molar refractivity (Wildman–Crippen MR) is 95.2 cm³/mol. The van der Waals surface area contributed by atoms with Crippen LogP contribution in [-0.4, -0.2) is 42.2 Å². The number of carbonyl (C=O) groups excluding carboxylic acids is 1. The summed E-state index contributed by atoms with van der Waals surface area (Å²) < 4.78 is 2.15. The monoisotopic (exact) mass is 351 g/mol. The molecule has 2 heterocycles. The molecule has 8 heteroatoms. The third kappa shape index (κ3) is 3.35. The number of nitrogens with zero attached hydrogens (tertiary/aromatic N) is 6. The fraction of sp³-hybridized carbons (Fsp3) is 0.389. The molecule has 0 unspecified atom stereocenters. The van der Waals surface area contributed by atoms with Gasteiger partial charge < -0.3 is 9.88 Å². The molecular weight excluding hydrogens is 330 g/mol. The molecule has 0 spiro atoms. The van der Waals surface area contributed by atoms with E-state index < -0.39 is 0 Å². The van der Waals surface area contributed by atoms with Crippen LogP contribution in [-0.2, 0) is 13.6 Å². The van der Waals surface area contributed by atoms with Crippen LogP contribution >= 0.6 is 0 Å². The van der Waals surface area contributed by atoms with Crippen LogP contribution in [0, 0.1) is 12.3 Å². The van der Waals surface area contributed by atoms with Gasteiger partial charge in [0, 0.05) is 42.0 Å². The number of aryl methyl sites for hydroxylation is 2. The van der Waals surface area contributed by atoms with Crippen LogP contribution in [0.3, 0.4) is 0 Å². The first kappa shape index (κ1) is 16.4. The SMILES string of the molecule is Cc1nccn1CC1(CNC(=O)c2ccc(-c3nnn(C)n3)cc2)CC1. The van der Waals surface area contributed by atoms with Crippen molar-refractivity contribution < 1.29 is 4.79 Å². The Hall–Kier alpha value is -3.03. The Bertz CT molecular complexity index is 921. The molecule has 134 valence electrons. The van der Waals surface area contributed by atoms with Crippen molar-refractivity contribution in [2.45, 2.75) is 26.3 Å². The van der Waals surface area contributed by atoms with Crippen molar-refractivity contribution in [1.82, 2.24) is 35.1 Å². The molecule has 0 atom stereocenters. The molecule has 1 fully saturated rings. The van der Waals surface area contributed by atoms with E-state index in [9.17, 15) is 4.79 Å². The van der Waals surface area contributed by atoms with E-state index in [-0.39, 0.29) is 11.3 Å². The van der Waals surface area contributed by atoms with E-state index in [4.69, 9.17) is 0 Å². The lowest BCUT2D eigenvalue weighted by atomic mass is 10.1. The third-order valence-corrected chi connectivity index (χ3v) is 4.92. The van der Waals surface area contributed by atoms with Gasteiger partial charge in [-0.2, -0.15) is 4.80 Å². The van der Waals surface area contributed by atoms with E-state index in [0.29, 0.717) is 17.9 Å². The third-order valence-electron chi connectivity index (χ3n) is 4.92. The molecule has 0 saturated heterocycles. The second kappa shape index (κ2) is 6.36. The summed E-state index contributed by atoms with van der Waals surface area (Å²) in [5.41, 5.74) is 1.63. The highest BCUT2D eigenvalue weighted by Crippen LogP contribution is 2.46. The number of tetrazole rings is 1. The Kier molecular flexibility index (Phi) is 4.02. The number of hydrogen-bond donors (Lipinski definition) is 1. The molecule has 1 amide bonds. The van der Waals surface area contributed by atoms with Crippen LogP contribution in [0.2, 0.25) is 0 Å². The number of imidazole rings is 1. The van der Waals surface area contributed by atoms with Crippen LogP contribution in [0.1, 0.15) is 29.0 Å². The van der Waals surface area contributed by atoms with Gasteiger partial charge in [0.1, 0.15) is 5.82 Å². The van der Waals surface area contributed by atoms with E-state index >= 15 is 0 Å². The lowest BCUT2D eigenvalue weighted by molar-refractivity contribution is 0.0943. The fourth-order valence-electron chi connectivity index (χ4n) is 3.04. The van der Waals surface area contributed by atoms with Gasteiger partial charge in [0.2, 0.25) is 5.82 Å². The quantitative estimate of drug-likeness (QED) is 0.728. The Labute approximate surface area is 151 Å². The summed E-state index contributed by atoms with van der Waals surface area (Å²) in [6.45, 7) is 3.58. The second-order valence-corrected chi connectivity index (χ2v) is 6.96. The maximum absolute atomic E-state index is 12.5. The zero-order chi connectivity index (χ0) is 18.1. The molecule has 2 aromatic heterocycles. The number of rotatable bonds is 6. The van der Waals surface area contributed by atoms with E-state index in [1.54, 1.807) is 19.2 Å². The molecule has 8 nitrogen and oxygen atoms in total. The largest absolute Gasteiger partial charge is 0.351 e. The van der Waals surface area contributed by atoms with Crippen molar-refractivity contribution in [2.75, 3.05) is 6.54 Å². The van der Waals surface area contributed by atoms with Crippen molar-refractivity contribution in [3.05, 3.63) is 48.0 Å². The Morgan fingerprint density at radius 3 is 2.62 bits per heavy atom. The topological polar surface area (TPSA) is 90.5 Å². The van der Waals surface area contributed by atoms with Gasteiger partial charge in [0.25, 0.3) is 5.91 Å². The highest BCUT2D eigenvalue weighted by atomic mass is 16.1. The number of hydrogen-bond acceptors (Lipinski definition) is 5. The van der Waals surface area contributed by atoms with Crippen molar-refractivity contribution in [1.29, 1.82) is 0 Å². The van der Waals surface area contributed by atoms with E-state index in [1.807, 2.05) is 31.5 Å². The predicted octanol–water partition coefficient (Wildman–Crippen LogP) is 1.59. The minimum atomic E-state index is -0.0581. The number of aromatic nitrogens is 6. The normalized spacial score (nSPS) is 15.0. The van der Waals surface area contributed by atoms with Gasteiger partial charge in [0.15, 0.2) is 0 Å². The summed E-state index contributed by atoms with van der Waals surface area (Å²) >= 11 is 0. The summed E-state index contributed by atoms with van der Waals surface area (Å²) in [5.74, 6) is 1.50. The van der Waals surface area contributed by atoms with Crippen molar-refractivity contribution >= 4 is 5.91 Å². The highest BCUT2D eigenvalue weighted by Gasteiger charge is 2.43. The molecule has 26 heavy (non-hydrogen) atoms. The first-order chi connectivity index (χ1) is 12.5. The first-order valence-corrected chi connectivity index (χ1v) is 8.65. The molecule has 0 radical (unpaired) electrons. The van der Waals surface area contributed by atoms with Gasteiger partial charge in [-0.3, -0.25) is 4.79 Å². The number of carbonyl (C=O) groups is 1. The number of benzene rings is 1. The highest BCUT2D eigenvalue weighted by molar-refractivity contribution is 5.94. The van der Waals surface area contributed by atoms with Crippen molar-refractivity contribution in [3.8, 4) is 11.4 Å². The maximum atomic E-state index is 12.5. The summed E-state index contributed by atoms with van der Waals surface area (Å²) in [5, 5.41) is 15.0. The van der Waals surface area contributed by atoms with Gasteiger partial charge in [0.05, 0.1) is 7.05 Å². The maximum Gasteiger partial charge on any atom is 0.251 e. The zero-order valence-corrected chi connectivity index (χ0v) is 14.9. The number of nitrogens with one attached hydrogen (secondary N) is 1. The van der Waals surface area contributed by atoms with E-state index in [1.165, 1.54) is 4.80 Å². The summed E-state index contributed by atoms with van der Waals surface area (Å²) in [7, 11) is 1.72. The first-order valence-electron chi connectivity index (χ1n) is 8.65. The van der Waals surface area contributed by atoms with Crippen LogP contribution < -0.4 is 5.32 Å². The lowest BCUT2D eigenvalue weighted by Crippen LogP contribution is -2.32. The van der Waals surface area contributed by atoms with Gasteiger partial charge >= 0.3 is 0 Å². The lowest BCUT2D eigenvalue weighted by Gasteiger charge is -2.17. The molecule has 3 aromatic rings.